The van der Waals surface area contributed by atoms with Crippen molar-refractivity contribution in [3.05, 3.63) is 57.0 Å². The molecule has 0 atom stereocenters. The highest BCUT2D eigenvalue weighted by Gasteiger charge is 2.47. The Labute approximate surface area is 144 Å². The van der Waals surface area contributed by atoms with Crippen molar-refractivity contribution in [2.24, 2.45) is 0 Å². The molecule has 0 radical (unpaired) electrons. The lowest BCUT2D eigenvalue weighted by molar-refractivity contribution is -0.137. The maximum atomic E-state index is 12.7. The number of alkyl halides is 3. The van der Waals surface area contributed by atoms with Gasteiger partial charge in [-0.15, -0.1) is 0 Å². The first kappa shape index (κ1) is 17.4. The van der Waals surface area contributed by atoms with E-state index in [-0.39, 0.29) is 17.3 Å². The van der Waals surface area contributed by atoms with Gasteiger partial charge in [0.1, 0.15) is 0 Å². The Morgan fingerprint density at radius 2 is 2.08 bits per heavy atom. The topological polar surface area (TPSA) is 87.7 Å². The van der Waals surface area contributed by atoms with Gasteiger partial charge in [-0.1, -0.05) is 11.6 Å². The smallest absolute Gasteiger partial charge is 0.350 e. The van der Waals surface area contributed by atoms with Crippen molar-refractivity contribution in [3.8, 4) is 0 Å². The molecule has 2 heterocycles. The quantitative estimate of drug-likeness (QED) is 0.862. The molecule has 0 spiro atoms. The zero-order valence-corrected chi connectivity index (χ0v) is 13.4. The number of nitrogens with zero attached hydrogens (tertiary/aromatic N) is 2. The summed E-state index contributed by atoms with van der Waals surface area (Å²) in [7, 11) is 0. The fraction of sp³-hybridized carbons (Fsp3) is 0.333. The van der Waals surface area contributed by atoms with Crippen LogP contribution >= 0.6 is 11.6 Å². The highest BCUT2D eigenvalue weighted by molar-refractivity contribution is 6.31. The molecule has 6 nitrogen and oxygen atoms in total. The Morgan fingerprint density at radius 1 is 1.36 bits per heavy atom. The predicted molar refractivity (Wildman–Crippen MR) is 82.4 cm³/mol. The van der Waals surface area contributed by atoms with Crippen LogP contribution in [0.5, 0.6) is 0 Å². The summed E-state index contributed by atoms with van der Waals surface area (Å²) in [6.45, 7) is 0.0972. The molecule has 1 amide bonds. The minimum absolute atomic E-state index is 0.0972. The van der Waals surface area contributed by atoms with Crippen molar-refractivity contribution in [1.82, 2.24) is 20.3 Å². The second-order valence-corrected chi connectivity index (χ2v) is 6.19. The van der Waals surface area contributed by atoms with E-state index >= 15 is 0 Å². The molecule has 1 aliphatic rings. The Kier molecular flexibility index (Phi) is 4.28. The van der Waals surface area contributed by atoms with Gasteiger partial charge in [0.25, 0.3) is 11.5 Å². The molecule has 0 aromatic carbocycles. The third-order valence-electron chi connectivity index (χ3n) is 4.03. The van der Waals surface area contributed by atoms with E-state index in [2.05, 4.69) is 20.3 Å². The van der Waals surface area contributed by atoms with Gasteiger partial charge in [0.15, 0.2) is 5.69 Å². The predicted octanol–water partition coefficient (Wildman–Crippen LogP) is 2.30. The van der Waals surface area contributed by atoms with Gasteiger partial charge in [0.2, 0.25) is 0 Å². The summed E-state index contributed by atoms with van der Waals surface area (Å²) in [6, 6.07) is 0.829. The van der Waals surface area contributed by atoms with Crippen molar-refractivity contribution in [2.75, 3.05) is 6.54 Å². The van der Waals surface area contributed by atoms with E-state index in [1.54, 1.807) is 0 Å². The molecule has 0 aliphatic heterocycles. The molecule has 1 aliphatic carbocycles. The van der Waals surface area contributed by atoms with Gasteiger partial charge >= 0.3 is 6.18 Å². The van der Waals surface area contributed by atoms with E-state index in [0.717, 1.165) is 12.3 Å². The van der Waals surface area contributed by atoms with E-state index in [1.165, 1.54) is 12.4 Å². The normalized spacial score (nSPS) is 15.7. The molecular formula is C15H12ClF3N4O2. The van der Waals surface area contributed by atoms with Crippen molar-refractivity contribution in [2.45, 2.75) is 24.4 Å². The molecule has 0 saturated heterocycles. The molecule has 1 fully saturated rings. The van der Waals surface area contributed by atoms with Crippen LogP contribution in [0.4, 0.5) is 13.2 Å². The van der Waals surface area contributed by atoms with Gasteiger partial charge in [-0.3, -0.25) is 14.6 Å². The minimum Gasteiger partial charge on any atom is -0.350 e. The molecule has 2 aromatic heterocycles. The molecular weight excluding hydrogens is 361 g/mol. The van der Waals surface area contributed by atoms with Crippen molar-refractivity contribution in [1.29, 1.82) is 0 Å². The van der Waals surface area contributed by atoms with Gasteiger partial charge in [0, 0.05) is 30.6 Å². The average molecular weight is 373 g/mol. The first-order valence-corrected chi connectivity index (χ1v) is 7.66. The summed E-state index contributed by atoms with van der Waals surface area (Å²) >= 11 is 5.97. The average Bonchev–Trinajstić information content (AvgIpc) is 3.33. The number of hydrogen-bond acceptors (Lipinski definition) is 4. The highest BCUT2D eigenvalue weighted by atomic mass is 35.5. The van der Waals surface area contributed by atoms with Gasteiger partial charge in [-0.25, -0.2) is 4.98 Å². The number of H-pyrrole nitrogens is 1. The number of pyridine rings is 1. The lowest BCUT2D eigenvalue weighted by atomic mass is 10.0. The fourth-order valence-electron chi connectivity index (χ4n) is 2.48. The Balaban J connectivity index is 1.76. The SMILES string of the molecule is O=C(NCC1(c2ncc(C(F)(F)F)cc2Cl)CC1)c1ncc[nH]c1=O. The number of halogens is 4. The summed E-state index contributed by atoms with van der Waals surface area (Å²) in [6.07, 6.45) is 0.00539. The van der Waals surface area contributed by atoms with Crippen LogP contribution < -0.4 is 10.9 Å². The highest BCUT2D eigenvalue weighted by Crippen LogP contribution is 2.49. The van der Waals surface area contributed by atoms with Gasteiger partial charge < -0.3 is 10.3 Å². The number of amides is 1. The number of aromatic amines is 1. The van der Waals surface area contributed by atoms with Gasteiger partial charge in [-0.2, -0.15) is 13.2 Å². The van der Waals surface area contributed by atoms with Crippen LogP contribution in [-0.4, -0.2) is 27.4 Å². The standard InChI is InChI=1S/C15H12ClF3N4O2/c16-9-5-8(15(17,18)19)6-22-11(9)14(1-2-14)7-23-13(25)10-12(24)21-4-3-20-10/h3-6H,1-2,7H2,(H,21,24)(H,23,25). The maximum Gasteiger partial charge on any atom is 0.417 e. The van der Waals surface area contributed by atoms with Gasteiger partial charge in [-0.05, 0) is 18.9 Å². The molecule has 3 rings (SSSR count). The summed E-state index contributed by atoms with van der Waals surface area (Å²) < 4.78 is 38.1. The lowest BCUT2D eigenvalue weighted by Crippen LogP contribution is -2.36. The Morgan fingerprint density at radius 3 is 2.64 bits per heavy atom. The van der Waals surface area contributed by atoms with E-state index < -0.39 is 28.6 Å². The largest absolute Gasteiger partial charge is 0.417 e. The lowest BCUT2D eigenvalue weighted by Gasteiger charge is -2.18. The number of carbonyl (C=O) groups excluding carboxylic acids is 1. The van der Waals surface area contributed by atoms with Crippen LogP contribution in [0, 0.1) is 0 Å². The maximum absolute atomic E-state index is 12.7. The molecule has 25 heavy (non-hydrogen) atoms. The molecule has 1 saturated carbocycles. The third-order valence-corrected chi connectivity index (χ3v) is 4.32. The summed E-state index contributed by atoms with van der Waals surface area (Å²) in [5.41, 5.74) is -2.17. The Bertz CT molecular complexity index is 878. The van der Waals surface area contributed by atoms with E-state index in [4.69, 9.17) is 11.6 Å². The number of aromatic nitrogens is 3. The number of carbonyl (C=O) groups is 1. The van der Waals surface area contributed by atoms with Crippen LogP contribution in [0.15, 0.2) is 29.5 Å². The van der Waals surface area contributed by atoms with Crippen molar-refractivity contribution in [3.63, 3.8) is 0 Å². The van der Waals surface area contributed by atoms with Crippen LogP contribution in [-0.2, 0) is 11.6 Å². The molecule has 2 aromatic rings. The summed E-state index contributed by atoms with van der Waals surface area (Å²) in [5.74, 6) is -0.670. The Hall–Kier alpha value is -2.42. The minimum atomic E-state index is -4.53. The van der Waals surface area contributed by atoms with Gasteiger partial charge in [0.05, 0.1) is 16.3 Å². The van der Waals surface area contributed by atoms with Crippen LogP contribution in [0.25, 0.3) is 0 Å². The summed E-state index contributed by atoms with van der Waals surface area (Å²) in [4.78, 5) is 33.5. The molecule has 2 N–H and O–H groups in total. The van der Waals surface area contributed by atoms with E-state index in [9.17, 15) is 22.8 Å². The number of hydrogen-bond donors (Lipinski definition) is 2. The van der Waals surface area contributed by atoms with Crippen LogP contribution in [0.1, 0.15) is 34.6 Å². The van der Waals surface area contributed by atoms with Crippen LogP contribution in [0.2, 0.25) is 5.02 Å². The zero-order chi connectivity index (χ0) is 18.2. The second-order valence-electron chi connectivity index (χ2n) is 5.78. The zero-order valence-electron chi connectivity index (χ0n) is 12.7. The molecule has 0 bridgehead atoms. The van der Waals surface area contributed by atoms with Crippen molar-refractivity contribution >= 4 is 17.5 Å². The second kappa shape index (κ2) is 6.14. The van der Waals surface area contributed by atoms with Crippen LogP contribution in [0.3, 0.4) is 0 Å². The number of nitrogens with one attached hydrogen (secondary N) is 2. The number of rotatable bonds is 4. The third kappa shape index (κ3) is 3.51. The monoisotopic (exact) mass is 372 g/mol. The molecule has 0 unspecified atom stereocenters. The first-order valence-electron chi connectivity index (χ1n) is 7.28. The van der Waals surface area contributed by atoms with E-state index in [1.807, 2.05) is 0 Å². The van der Waals surface area contributed by atoms with Crippen molar-refractivity contribution < 1.29 is 18.0 Å². The summed E-state index contributed by atoms with van der Waals surface area (Å²) in [5, 5.41) is 2.47. The molecule has 132 valence electrons. The first-order chi connectivity index (χ1) is 11.7. The van der Waals surface area contributed by atoms with E-state index in [0.29, 0.717) is 18.5 Å². The fourth-order valence-corrected chi connectivity index (χ4v) is 2.84. The molecule has 10 heteroatoms.